The molecule has 0 saturated heterocycles. The molecule has 0 fully saturated rings. The standard InChI is InChI=1S/C19H18FN3O3S/c1-12-9-15(13(2)26-12)18(25)21-10-17(24)22-19-23(7-8-27-19)11-14-5-3-4-6-16(14)20/h3-9H,10-11H2,1-2H3,(H,21,25). The van der Waals surface area contributed by atoms with Crippen LogP contribution in [0.3, 0.4) is 0 Å². The van der Waals surface area contributed by atoms with Crippen molar-refractivity contribution in [2.75, 3.05) is 6.54 Å². The number of carbonyl (C=O) groups is 2. The van der Waals surface area contributed by atoms with Crippen LogP contribution in [0.4, 0.5) is 4.39 Å². The first-order chi connectivity index (χ1) is 12.9. The molecule has 2 amide bonds. The molecule has 3 rings (SSSR count). The van der Waals surface area contributed by atoms with Gasteiger partial charge in [-0.1, -0.05) is 18.2 Å². The molecular formula is C19H18FN3O3S. The molecule has 0 spiro atoms. The van der Waals surface area contributed by atoms with Crippen molar-refractivity contribution < 1.29 is 18.4 Å². The number of furan rings is 1. The summed E-state index contributed by atoms with van der Waals surface area (Å²) in [5, 5.41) is 4.30. The van der Waals surface area contributed by atoms with Crippen LogP contribution in [0, 0.1) is 19.7 Å². The number of nitrogens with zero attached hydrogens (tertiary/aromatic N) is 2. The number of hydrogen-bond donors (Lipinski definition) is 1. The molecule has 27 heavy (non-hydrogen) atoms. The average Bonchev–Trinajstić information content (AvgIpc) is 3.20. The summed E-state index contributed by atoms with van der Waals surface area (Å²) >= 11 is 1.26. The van der Waals surface area contributed by atoms with Gasteiger partial charge in [-0.05, 0) is 26.0 Å². The molecule has 3 aromatic rings. The van der Waals surface area contributed by atoms with E-state index in [-0.39, 0.29) is 18.9 Å². The molecule has 1 aromatic carbocycles. The molecule has 2 aromatic heterocycles. The minimum Gasteiger partial charge on any atom is -0.466 e. The van der Waals surface area contributed by atoms with Crippen molar-refractivity contribution in [3.8, 4) is 0 Å². The highest BCUT2D eigenvalue weighted by atomic mass is 32.1. The van der Waals surface area contributed by atoms with Crippen LogP contribution in [0.2, 0.25) is 0 Å². The molecule has 0 atom stereocenters. The van der Waals surface area contributed by atoms with Crippen LogP contribution < -0.4 is 10.1 Å². The first kappa shape index (κ1) is 18.8. The van der Waals surface area contributed by atoms with E-state index in [1.54, 1.807) is 54.3 Å². The molecule has 0 bridgehead atoms. The second-order valence-electron chi connectivity index (χ2n) is 5.92. The maximum Gasteiger partial charge on any atom is 0.267 e. The van der Waals surface area contributed by atoms with Crippen LogP contribution in [0.1, 0.15) is 27.4 Å². The van der Waals surface area contributed by atoms with Crippen LogP contribution >= 0.6 is 11.3 Å². The molecule has 8 heteroatoms. The van der Waals surface area contributed by atoms with Gasteiger partial charge in [0.2, 0.25) is 0 Å². The Morgan fingerprint density at radius 2 is 2.07 bits per heavy atom. The zero-order valence-corrected chi connectivity index (χ0v) is 15.7. The van der Waals surface area contributed by atoms with E-state index in [2.05, 4.69) is 10.3 Å². The quantitative estimate of drug-likeness (QED) is 0.731. The van der Waals surface area contributed by atoms with Crippen molar-refractivity contribution >= 4 is 23.2 Å². The summed E-state index contributed by atoms with van der Waals surface area (Å²) in [4.78, 5) is 28.7. The van der Waals surface area contributed by atoms with Gasteiger partial charge in [0.15, 0.2) is 4.80 Å². The van der Waals surface area contributed by atoms with Gasteiger partial charge in [-0.25, -0.2) is 4.39 Å². The summed E-state index contributed by atoms with van der Waals surface area (Å²) < 4.78 is 20.8. The Hall–Kier alpha value is -3.00. The van der Waals surface area contributed by atoms with Gasteiger partial charge in [-0.3, -0.25) is 9.59 Å². The maximum atomic E-state index is 13.8. The fourth-order valence-corrected chi connectivity index (χ4v) is 3.32. The summed E-state index contributed by atoms with van der Waals surface area (Å²) in [7, 11) is 0. The highest BCUT2D eigenvalue weighted by Crippen LogP contribution is 2.13. The molecule has 0 unspecified atom stereocenters. The Labute approximate surface area is 159 Å². The summed E-state index contributed by atoms with van der Waals surface area (Å²) in [6, 6.07) is 8.06. The van der Waals surface area contributed by atoms with Gasteiger partial charge in [-0.2, -0.15) is 4.99 Å². The van der Waals surface area contributed by atoms with Crippen molar-refractivity contribution in [2.24, 2.45) is 4.99 Å². The smallest absolute Gasteiger partial charge is 0.267 e. The van der Waals surface area contributed by atoms with Gasteiger partial charge < -0.3 is 14.3 Å². The SMILES string of the molecule is Cc1cc(C(=O)NCC(=O)N=c2sccn2Cc2ccccc2F)c(C)o1. The lowest BCUT2D eigenvalue weighted by molar-refractivity contribution is -0.117. The van der Waals surface area contributed by atoms with E-state index in [9.17, 15) is 14.0 Å². The van der Waals surface area contributed by atoms with E-state index in [0.29, 0.717) is 27.4 Å². The third kappa shape index (κ3) is 4.59. The fourth-order valence-electron chi connectivity index (χ4n) is 2.57. The van der Waals surface area contributed by atoms with Gasteiger partial charge in [0.05, 0.1) is 18.7 Å². The number of aryl methyl sites for hydroxylation is 2. The van der Waals surface area contributed by atoms with Crippen molar-refractivity contribution in [1.82, 2.24) is 9.88 Å². The van der Waals surface area contributed by atoms with Gasteiger partial charge >= 0.3 is 0 Å². The lowest BCUT2D eigenvalue weighted by Crippen LogP contribution is -2.30. The van der Waals surface area contributed by atoms with Crippen LogP contribution in [0.25, 0.3) is 0 Å². The minimum absolute atomic E-state index is 0.236. The van der Waals surface area contributed by atoms with E-state index in [1.807, 2.05) is 0 Å². The Morgan fingerprint density at radius 1 is 1.30 bits per heavy atom. The molecule has 0 aliphatic heterocycles. The Kier molecular flexibility index (Phi) is 5.66. The highest BCUT2D eigenvalue weighted by molar-refractivity contribution is 7.07. The number of halogens is 1. The van der Waals surface area contributed by atoms with E-state index in [4.69, 9.17) is 4.42 Å². The summed E-state index contributed by atoms with van der Waals surface area (Å²) in [6.45, 7) is 3.46. The van der Waals surface area contributed by atoms with Crippen molar-refractivity contribution in [3.05, 3.63) is 75.2 Å². The number of amides is 2. The Morgan fingerprint density at radius 3 is 2.78 bits per heavy atom. The van der Waals surface area contributed by atoms with Crippen LogP contribution in [-0.2, 0) is 11.3 Å². The average molecular weight is 387 g/mol. The topological polar surface area (TPSA) is 76.6 Å². The van der Waals surface area contributed by atoms with Crippen LogP contribution in [0.15, 0.2) is 51.3 Å². The molecule has 0 aliphatic carbocycles. The maximum absolute atomic E-state index is 13.8. The normalized spacial score (nSPS) is 11.6. The second kappa shape index (κ2) is 8.13. The number of rotatable bonds is 5. The van der Waals surface area contributed by atoms with Gasteiger partial charge in [0, 0.05) is 17.1 Å². The summed E-state index contributed by atoms with van der Waals surface area (Å²) in [5.74, 6) is -0.0763. The van der Waals surface area contributed by atoms with E-state index < -0.39 is 11.8 Å². The number of nitrogens with one attached hydrogen (secondary N) is 1. The summed E-state index contributed by atoms with van der Waals surface area (Å²) in [6.07, 6.45) is 1.74. The van der Waals surface area contributed by atoms with Crippen molar-refractivity contribution in [1.29, 1.82) is 0 Å². The predicted molar refractivity (Wildman–Crippen MR) is 98.9 cm³/mol. The van der Waals surface area contributed by atoms with Crippen LogP contribution in [-0.4, -0.2) is 22.9 Å². The lowest BCUT2D eigenvalue weighted by Gasteiger charge is -2.04. The third-order valence-electron chi connectivity index (χ3n) is 3.86. The van der Waals surface area contributed by atoms with E-state index in [0.717, 1.165) is 0 Å². The molecular weight excluding hydrogens is 369 g/mol. The van der Waals surface area contributed by atoms with Gasteiger partial charge in [-0.15, -0.1) is 11.3 Å². The van der Waals surface area contributed by atoms with E-state index >= 15 is 0 Å². The molecule has 0 aliphatic rings. The van der Waals surface area contributed by atoms with E-state index in [1.165, 1.54) is 17.4 Å². The lowest BCUT2D eigenvalue weighted by atomic mass is 10.2. The van der Waals surface area contributed by atoms with Gasteiger partial charge in [0.1, 0.15) is 17.3 Å². The number of hydrogen-bond acceptors (Lipinski definition) is 4. The zero-order valence-electron chi connectivity index (χ0n) is 14.9. The molecule has 0 saturated carbocycles. The van der Waals surface area contributed by atoms with Crippen LogP contribution in [0.5, 0.6) is 0 Å². The van der Waals surface area contributed by atoms with Gasteiger partial charge in [0.25, 0.3) is 11.8 Å². The molecule has 140 valence electrons. The number of carbonyl (C=O) groups excluding carboxylic acids is 2. The Balaban J connectivity index is 1.68. The monoisotopic (exact) mass is 387 g/mol. The first-order valence-electron chi connectivity index (χ1n) is 8.24. The molecule has 0 radical (unpaired) electrons. The molecule has 2 heterocycles. The molecule has 1 N–H and O–H groups in total. The Bertz CT molecular complexity index is 1050. The number of aromatic nitrogens is 1. The van der Waals surface area contributed by atoms with Crippen molar-refractivity contribution in [3.63, 3.8) is 0 Å². The van der Waals surface area contributed by atoms with Crippen molar-refractivity contribution in [2.45, 2.75) is 20.4 Å². The largest absolute Gasteiger partial charge is 0.466 e. The second-order valence-corrected chi connectivity index (χ2v) is 6.79. The predicted octanol–water partition coefficient (Wildman–Crippen LogP) is 2.80. The fraction of sp³-hybridized carbons (Fsp3) is 0.211. The molecule has 6 nitrogen and oxygen atoms in total. The third-order valence-corrected chi connectivity index (χ3v) is 4.66. The number of benzene rings is 1. The summed E-state index contributed by atoms with van der Waals surface area (Å²) in [5.41, 5.74) is 0.898. The number of thiazole rings is 1. The first-order valence-corrected chi connectivity index (χ1v) is 9.12. The zero-order chi connectivity index (χ0) is 19.4. The minimum atomic E-state index is -0.494. The highest BCUT2D eigenvalue weighted by Gasteiger charge is 2.14.